The van der Waals surface area contributed by atoms with Crippen LogP contribution in [-0.4, -0.2) is 33.6 Å². The zero-order chi connectivity index (χ0) is 14.8. The van der Waals surface area contributed by atoms with Crippen molar-refractivity contribution in [3.05, 3.63) is 53.9 Å². The standard InChI is InChI=1S/C15H17FN4O/c1-11-17-6-7-20(11)14-9-19(10-14)15(21)18-8-12-2-4-13(16)5-3-12/h2-7,14H,8-10H2,1H3,(H,18,21). The first-order chi connectivity index (χ1) is 10.1. The molecule has 0 radical (unpaired) electrons. The molecule has 2 amide bonds. The van der Waals surface area contributed by atoms with E-state index < -0.39 is 0 Å². The highest BCUT2D eigenvalue weighted by Gasteiger charge is 2.32. The van der Waals surface area contributed by atoms with E-state index >= 15 is 0 Å². The Morgan fingerprint density at radius 1 is 1.38 bits per heavy atom. The van der Waals surface area contributed by atoms with Crippen LogP contribution in [0.5, 0.6) is 0 Å². The predicted octanol–water partition coefficient (Wildman–Crippen LogP) is 2.10. The van der Waals surface area contributed by atoms with Crippen molar-refractivity contribution in [1.82, 2.24) is 19.8 Å². The van der Waals surface area contributed by atoms with Crippen LogP contribution in [0, 0.1) is 12.7 Å². The van der Waals surface area contributed by atoms with Crippen molar-refractivity contribution >= 4 is 6.03 Å². The Morgan fingerprint density at radius 2 is 2.10 bits per heavy atom. The first-order valence-electron chi connectivity index (χ1n) is 6.90. The van der Waals surface area contributed by atoms with E-state index in [2.05, 4.69) is 14.9 Å². The summed E-state index contributed by atoms with van der Waals surface area (Å²) in [5.74, 6) is 0.692. The lowest BCUT2D eigenvalue weighted by Crippen LogP contribution is -2.54. The molecule has 21 heavy (non-hydrogen) atoms. The number of aryl methyl sites for hydroxylation is 1. The lowest BCUT2D eigenvalue weighted by molar-refractivity contribution is 0.123. The van der Waals surface area contributed by atoms with Gasteiger partial charge in [0.25, 0.3) is 0 Å². The van der Waals surface area contributed by atoms with E-state index in [0.717, 1.165) is 11.4 Å². The molecular weight excluding hydrogens is 271 g/mol. The Bertz CT molecular complexity index is 631. The van der Waals surface area contributed by atoms with Gasteiger partial charge in [0.05, 0.1) is 6.04 Å². The Kier molecular flexibility index (Phi) is 3.60. The summed E-state index contributed by atoms with van der Waals surface area (Å²) < 4.78 is 14.9. The molecule has 5 nitrogen and oxygen atoms in total. The fourth-order valence-corrected chi connectivity index (χ4v) is 2.46. The number of urea groups is 1. The van der Waals surface area contributed by atoms with Gasteiger partial charge in [0.2, 0.25) is 0 Å². The van der Waals surface area contributed by atoms with Gasteiger partial charge in [-0.3, -0.25) is 0 Å². The van der Waals surface area contributed by atoms with Gasteiger partial charge < -0.3 is 14.8 Å². The van der Waals surface area contributed by atoms with E-state index in [-0.39, 0.29) is 11.8 Å². The summed E-state index contributed by atoms with van der Waals surface area (Å²) in [6, 6.07) is 6.34. The van der Waals surface area contributed by atoms with Gasteiger partial charge in [-0.15, -0.1) is 0 Å². The summed E-state index contributed by atoms with van der Waals surface area (Å²) in [5, 5.41) is 2.84. The second-order valence-electron chi connectivity index (χ2n) is 5.23. The van der Waals surface area contributed by atoms with Crippen LogP contribution < -0.4 is 5.32 Å². The van der Waals surface area contributed by atoms with Gasteiger partial charge in [0.1, 0.15) is 11.6 Å². The zero-order valence-corrected chi connectivity index (χ0v) is 11.8. The summed E-state index contributed by atoms with van der Waals surface area (Å²) in [7, 11) is 0. The second kappa shape index (κ2) is 5.55. The molecule has 0 atom stereocenters. The molecule has 1 saturated heterocycles. The molecule has 1 aromatic heterocycles. The predicted molar refractivity (Wildman–Crippen MR) is 76.2 cm³/mol. The van der Waals surface area contributed by atoms with Crippen molar-refractivity contribution in [2.75, 3.05) is 13.1 Å². The van der Waals surface area contributed by atoms with Gasteiger partial charge in [-0.05, 0) is 24.6 Å². The number of likely N-dealkylation sites (tertiary alicyclic amines) is 1. The average Bonchev–Trinajstić information content (AvgIpc) is 2.83. The van der Waals surface area contributed by atoms with Crippen LogP contribution in [0.25, 0.3) is 0 Å². The van der Waals surface area contributed by atoms with Crippen LogP contribution >= 0.6 is 0 Å². The number of amides is 2. The Balaban J connectivity index is 1.47. The Morgan fingerprint density at radius 3 is 2.71 bits per heavy atom. The van der Waals surface area contributed by atoms with Crippen LogP contribution in [0.3, 0.4) is 0 Å². The molecule has 0 unspecified atom stereocenters. The summed E-state index contributed by atoms with van der Waals surface area (Å²) >= 11 is 0. The minimum atomic E-state index is -0.272. The SMILES string of the molecule is Cc1nccn1C1CN(C(=O)NCc2ccc(F)cc2)C1. The zero-order valence-electron chi connectivity index (χ0n) is 11.8. The molecule has 1 aliphatic rings. The highest BCUT2D eigenvalue weighted by molar-refractivity contribution is 5.75. The number of hydrogen-bond acceptors (Lipinski definition) is 2. The quantitative estimate of drug-likeness (QED) is 0.940. The minimum Gasteiger partial charge on any atom is -0.334 e. The lowest BCUT2D eigenvalue weighted by Gasteiger charge is -2.40. The Labute approximate surface area is 122 Å². The van der Waals surface area contributed by atoms with E-state index in [1.54, 1.807) is 23.2 Å². The van der Waals surface area contributed by atoms with Crippen molar-refractivity contribution in [2.45, 2.75) is 19.5 Å². The van der Waals surface area contributed by atoms with Gasteiger partial charge in [0, 0.05) is 32.0 Å². The summed E-state index contributed by atoms with van der Waals surface area (Å²) in [4.78, 5) is 17.9. The molecule has 1 fully saturated rings. The minimum absolute atomic E-state index is 0.0895. The van der Waals surface area contributed by atoms with Crippen LogP contribution in [0.15, 0.2) is 36.7 Å². The molecule has 110 valence electrons. The molecule has 1 N–H and O–H groups in total. The third-order valence-electron chi connectivity index (χ3n) is 3.76. The number of hydrogen-bond donors (Lipinski definition) is 1. The topological polar surface area (TPSA) is 50.2 Å². The molecule has 3 rings (SSSR count). The molecule has 0 aliphatic carbocycles. The number of nitrogens with one attached hydrogen (secondary N) is 1. The smallest absolute Gasteiger partial charge is 0.317 e. The molecule has 0 bridgehead atoms. The van der Waals surface area contributed by atoms with Gasteiger partial charge >= 0.3 is 6.03 Å². The summed E-state index contributed by atoms with van der Waals surface area (Å²) in [5.41, 5.74) is 0.882. The molecule has 2 heterocycles. The maximum atomic E-state index is 12.8. The lowest BCUT2D eigenvalue weighted by atomic mass is 10.1. The van der Waals surface area contributed by atoms with E-state index in [9.17, 15) is 9.18 Å². The number of nitrogens with zero attached hydrogens (tertiary/aromatic N) is 3. The molecular formula is C15H17FN4O. The van der Waals surface area contributed by atoms with Crippen molar-refractivity contribution in [2.24, 2.45) is 0 Å². The normalized spacial score (nSPS) is 14.9. The third kappa shape index (κ3) is 2.89. The highest BCUT2D eigenvalue weighted by Crippen LogP contribution is 2.22. The first-order valence-corrected chi connectivity index (χ1v) is 6.90. The van der Waals surface area contributed by atoms with Crippen LogP contribution in [-0.2, 0) is 6.54 Å². The monoisotopic (exact) mass is 288 g/mol. The van der Waals surface area contributed by atoms with E-state index in [0.29, 0.717) is 25.7 Å². The van der Waals surface area contributed by atoms with Crippen LogP contribution in [0.1, 0.15) is 17.4 Å². The van der Waals surface area contributed by atoms with Gasteiger partial charge in [-0.25, -0.2) is 14.2 Å². The fraction of sp³-hybridized carbons (Fsp3) is 0.333. The van der Waals surface area contributed by atoms with Gasteiger partial charge in [0.15, 0.2) is 0 Å². The van der Waals surface area contributed by atoms with Crippen LogP contribution in [0.4, 0.5) is 9.18 Å². The number of carbonyl (C=O) groups is 1. The third-order valence-corrected chi connectivity index (χ3v) is 3.76. The second-order valence-corrected chi connectivity index (χ2v) is 5.23. The van der Waals surface area contributed by atoms with E-state index in [1.807, 2.05) is 13.1 Å². The first kappa shape index (κ1) is 13.6. The number of benzene rings is 1. The van der Waals surface area contributed by atoms with Gasteiger partial charge in [-0.2, -0.15) is 0 Å². The van der Waals surface area contributed by atoms with Crippen LogP contribution in [0.2, 0.25) is 0 Å². The van der Waals surface area contributed by atoms with E-state index in [4.69, 9.17) is 0 Å². The molecule has 0 saturated carbocycles. The number of carbonyl (C=O) groups excluding carboxylic acids is 1. The number of imidazole rings is 1. The van der Waals surface area contributed by atoms with Gasteiger partial charge in [-0.1, -0.05) is 12.1 Å². The largest absolute Gasteiger partial charge is 0.334 e. The van der Waals surface area contributed by atoms with Crippen molar-refractivity contribution in [3.63, 3.8) is 0 Å². The maximum Gasteiger partial charge on any atom is 0.317 e. The fourth-order valence-electron chi connectivity index (χ4n) is 2.46. The molecule has 1 aliphatic heterocycles. The summed E-state index contributed by atoms with van der Waals surface area (Å²) in [6.45, 7) is 3.74. The molecule has 2 aromatic rings. The average molecular weight is 288 g/mol. The molecule has 1 aromatic carbocycles. The maximum absolute atomic E-state index is 12.8. The molecule has 0 spiro atoms. The summed E-state index contributed by atoms with van der Waals surface area (Å²) in [6.07, 6.45) is 3.71. The Hall–Kier alpha value is -2.37. The highest BCUT2D eigenvalue weighted by atomic mass is 19.1. The number of aromatic nitrogens is 2. The molecule has 6 heteroatoms. The van der Waals surface area contributed by atoms with Crippen molar-refractivity contribution in [3.8, 4) is 0 Å². The van der Waals surface area contributed by atoms with E-state index in [1.165, 1.54) is 12.1 Å². The number of halogens is 1. The number of rotatable bonds is 3. The van der Waals surface area contributed by atoms with Crippen molar-refractivity contribution < 1.29 is 9.18 Å². The van der Waals surface area contributed by atoms with Crippen molar-refractivity contribution in [1.29, 1.82) is 0 Å².